The molecule has 33 heavy (non-hydrogen) atoms. The van der Waals surface area contributed by atoms with Crippen LogP contribution in [0.15, 0.2) is 53.5 Å². The molecule has 2 saturated heterocycles. The maximum atomic E-state index is 5.29. The highest BCUT2D eigenvalue weighted by Gasteiger charge is 2.26. The van der Waals surface area contributed by atoms with Gasteiger partial charge in [0.25, 0.3) is 0 Å². The Balaban J connectivity index is 0.00000306. The molecule has 7 heteroatoms. The number of rotatable bonds is 6. The van der Waals surface area contributed by atoms with E-state index in [4.69, 9.17) is 4.74 Å². The van der Waals surface area contributed by atoms with E-state index >= 15 is 0 Å². The molecule has 2 aliphatic rings. The van der Waals surface area contributed by atoms with Crippen molar-refractivity contribution in [3.63, 3.8) is 0 Å². The predicted molar refractivity (Wildman–Crippen MR) is 147 cm³/mol. The summed E-state index contributed by atoms with van der Waals surface area (Å²) in [7, 11) is 5.79. The third kappa shape index (κ3) is 7.07. The summed E-state index contributed by atoms with van der Waals surface area (Å²) >= 11 is 0. The number of aliphatic imine (C=N–C) groups is 1. The van der Waals surface area contributed by atoms with Gasteiger partial charge in [0, 0.05) is 65.3 Å². The number of hydrogen-bond acceptors (Lipinski definition) is 4. The maximum absolute atomic E-state index is 5.29. The summed E-state index contributed by atoms with van der Waals surface area (Å²) in [6.07, 6.45) is 1.15. The second-order valence-electron chi connectivity index (χ2n) is 9.00. The number of nitrogens with one attached hydrogen (secondary N) is 1. The van der Waals surface area contributed by atoms with Crippen LogP contribution in [0, 0.1) is 0 Å². The number of methoxy groups -OCH3 is 1. The summed E-state index contributed by atoms with van der Waals surface area (Å²) in [4.78, 5) is 11.9. The van der Waals surface area contributed by atoms with Gasteiger partial charge in [0.15, 0.2) is 5.96 Å². The van der Waals surface area contributed by atoms with Crippen LogP contribution in [0.2, 0.25) is 0 Å². The zero-order valence-corrected chi connectivity index (χ0v) is 22.5. The summed E-state index contributed by atoms with van der Waals surface area (Å²) in [5.74, 6) is 2.44. The number of nitrogens with zero attached hydrogens (tertiary/aromatic N) is 4. The highest BCUT2D eigenvalue weighted by atomic mass is 127. The molecule has 2 fully saturated rings. The summed E-state index contributed by atoms with van der Waals surface area (Å²) in [6, 6.07) is 17.5. The molecule has 1 N–H and O–H groups in total. The molecule has 0 aliphatic carbocycles. The third-order valence-corrected chi connectivity index (χ3v) is 6.76. The Morgan fingerprint density at radius 1 is 0.970 bits per heavy atom. The lowest BCUT2D eigenvalue weighted by Gasteiger charge is -2.32. The Bertz CT molecular complexity index is 879. The topological polar surface area (TPSA) is 43.3 Å². The highest BCUT2D eigenvalue weighted by Crippen LogP contribution is 2.28. The molecule has 0 saturated carbocycles. The van der Waals surface area contributed by atoms with Crippen molar-refractivity contribution in [2.24, 2.45) is 4.99 Å². The number of benzene rings is 2. The molecule has 180 valence electrons. The molecular weight excluding hydrogens is 525 g/mol. The molecule has 2 heterocycles. The molecule has 0 aromatic heterocycles. The highest BCUT2D eigenvalue weighted by molar-refractivity contribution is 14.0. The lowest BCUT2D eigenvalue weighted by Crippen LogP contribution is -2.43. The Hall–Kier alpha value is -1.84. The number of ether oxygens (including phenoxy) is 1. The molecule has 4 rings (SSSR count). The molecule has 0 bridgehead atoms. The summed E-state index contributed by atoms with van der Waals surface area (Å²) in [6.45, 7) is 8.51. The van der Waals surface area contributed by atoms with Crippen molar-refractivity contribution in [1.29, 1.82) is 0 Å². The zero-order chi connectivity index (χ0) is 22.3. The monoisotopic (exact) mass is 563 g/mol. The summed E-state index contributed by atoms with van der Waals surface area (Å²) in [5, 5.41) is 3.56. The van der Waals surface area contributed by atoms with Gasteiger partial charge in [0.05, 0.1) is 7.11 Å². The van der Waals surface area contributed by atoms with E-state index in [9.17, 15) is 0 Å². The van der Waals surface area contributed by atoms with Gasteiger partial charge < -0.3 is 19.9 Å². The van der Waals surface area contributed by atoms with E-state index < -0.39 is 0 Å². The molecule has 6 nitrogen and oxygen atoms in total. The van der Waals surface area contributed by atoms with Crippen LogP contribution >= 0.6 is 24.0 Å². The van der Waals surface area contributed by atoms with Crippen LogP contribution < -0.4 is 10.1 Å². The first-order valence-electron chi connectivity index (χ1n) is 11.7. The number of hydrogen-bond donors (Lipinski definition) is 1. The zero-order valence-electron chi connectivity index (χ0n) is 20.2. The van der Waals surface area contributed by atoms with Crippen LogP contribution in [-0.4, -0.2) is 81.1 Å². The van der Waals surface area contributed by atoms with E-state index in [1.54, 1.807) is 7.11 Å². The molecule has 2 aromatic carbocycles. The van der Waals surface area contributed by atoms with E-state index in [-0.39, 0.29) is 24.0 Å². The van der Waals surface area contributed by atoms with Gasteiger partial charge in [-0.15, -0.1) is 24.0 Å². The van der Waals surface area contributed by atoms with Crippen molar-refractivity contribution in [3.05, 3.63) is 65.2 Å². The molecule has 0 amide bonds. The average Bonchev–Trinajstić information content (AvgIpc) is 3.32. The number of piperazine rings is 1. The molecule has 1 unspecified atom stereocenters. The number of likely N-dealkylation sites (N-methyl/N-ethyl adjacent to an activating group) is 1. The van der Waals surface area contributed by atoms with Crippen molar-refractivity contribution in [1.82, 2.24) is 20.0 Å². The standard InChI is InChI=1S/C26H37N5O.HI/c1-27-26(31-13-12-24(20-31)23-8-10-25(32-3)11-9-23)28-18-21-4-6-22(7-5-21)19-30-16-14-29(2)15-17-30;/h4-11,24H,12-20H2,1-3H3,(H,27,28);1H. The van der Waals surface area contributed by atoms with Gasteiger partial charge in [-0.2, -0.15) is 0 Å². The quantitative estimate of drug-likeness (QED) is 0.331. The molecule has 2 aromatic rings. The lowest BCUT2D eigenvalue weighted by atomic mass is 9.98. The second-order valence-corrected chi connectivity index (χ2v) is 9.00. The van der Waals surface area contributed by atoms with E-state index in [2.05, 4.69) is 80.6 Å². The van der Waals surface area contributed by atoms with Crippen LogP contribution in [0.25, 0.3) is 0 Å². The summed E-state index contributed by atoms with van der Waals surface area (Å²) in [5.41, 5.74) is 4.06. The van der Waals surface area contributed by atoms with Gasteiger partial charge in [-0.05, 0) is 42.3 Å². The number of likely N-dealkylation sites (tertiary alicyclic amines) is 1. The Labute approximate surface area is 216 Å². The fourth-order valence-electron chi connectivity index (χ4n) is 4.64. The molecule has 2 aliphatic heterocycles. The van der Waals surface area contributed by atoms with E-state index in [1.807, 2.05) is 7.05 Å². The largest absolute Gasteiger partial charge is 0.497 e. The van der Waals surface area contributed by atoms with E-state index in [1.165, 1.54) is 16.7 Å². The van der Waals surface area contributed by atoms with Crippen LogP contribution in [0.5, 0.6) is 5.75 Å². The average molecular weight is 564 g/mol. The Kier molecular flexibility index (Phi) is 9.82. The van der Waals surface area contributed by atoms with Gasteiger partial charge in [0.2, 0.25) is 0 Å². The summed E-state index contributed by atoms with van der Waals surface area (Å²) < 4.78 is 5.29. The van der Waals surface area contributed by atoms with Crippen LogP contribution in [0.1, 0.15) is 29.0 Å². The van der Waals surface area contributed by atoms with Gasteiger partial charge in [-0.25, -0.2) is 0 Å². The van der Waals surface area contributed by atoms with Crippen molar-refractivity contribution in [3.8, 4) is 5.75 Å². The first-order chi connectivity index (χ1) is 15.6. The first kappa shape index (κ1) is 25.8. The van der Waals surface area contributed by atoms with Crippen molar-refractivity contribution >= 4 is 29.9 Å². The minimum Gasteiger partial charge on any atom is -0.497 e. The van der Waals surface area contributed by atoms with Crippen molar-refractivity contribution in [2.75, 3.05) is 60.5 Å². The van der Waals surface area contributed by atoms with Gasteiger partial charge in [-0.1, -0.05) is 36.4 Å². The van der Waals surface area contributed by atoms with Gasteiger partial charge in [-0.3, -0.25) is 9.89 Å². The van der Waals surface area contributed by atoms with Crippen molar-refractivity contribution < 1.29 is 4.74 Å². The first-order valence-corrected chi connectivity index (χ1v) is 11.7. The van der Waals surface area contributed by atoms with E-state index in [0.717, 1.165) is 70.5 Å². The van der Waals surface area contributed by atoms with E-state index in [0.29, 0.717) is 5.92 Å². The SMILES string of the molecule is CN=C(NCc1ccc(CN2CCN(C)CC2)cc1)N1CCC(c2ccc(OC)cc2)C1.I. The van der Waals surface area contributed by atoms with Crippen LogP contribution in [0.3, 0.4) is 0 Å². The third-order valence-electron chi connectivity index (χ3n) is 6.76. The number of halogens is 1. The fraction of sp³-hybridized carbons (Fsp3) is 0.500. The van der Waals surface area contributed by atoms with Crippen LogP contribution in [-0.2, 0) is 13.1 Å². The fourth-order valence-corrected chi connectivity index (χ4v) is 4.64. The number of guanidine groups is 1. The Morgan fingerprint density at radius 3 is 2.27 bits per heavy atom. The van der Waals surface area contributed by atoms with Crippen molar-refractivity contribution in [2.45, 2.75) is 25.4 Å². The predicted octanol–water partition coefficient (Wildman–Crippen LogP) is 3.63. The minimum atomic E-state index is 0. The lowest BCUT2D eigenvalue weighted by molar-refractivity contribution is 0.148. The van der Waals surface area contributed by atoms with Gasteiger partial charge in [0.1, 0.15) is 5.75 Å². The Morgan fingerprint density at radius 2 is 1.64 bits per heavy atom. The molecular formula is C26H38IN5O. The second kappa shape index (κ2) is 12.6. The normalized spacial score (nSPS) is 19.9. The van der Waals surface area contributed by atoms with Crippen LogP contribution in [0.4, 0.5) is 0 Å². The smallest absolute Gasteiger partial charge is 0.193 e. The minimum absolute atomic E-state index is 0. The molecule has 0 radical (unpaired) electrons. The van der Waals surface area contributed by atoms with Gasteiger partial charge >= 0.3 is 0 Å². The molecule has 0 spiro atoms. The molecule has 1 atom stereocenters. The maximum Gasteiger partial charge on any atom is 0.193 e.